The van der Waals surface area contributed by atoms with E-state index in [-0.39, 0.29) is 18.4 Å². The van der Waals surface area contributed by atoms with E-state index in [0.717, 1.165) is 5.56 Å². The van der Waals surface area contributed by atoms with Gasteiger partial charge in [0.15, 0.2) is 0 Å². The molecule has 8 nitrogen and oxygen atoms in total. The second kappa shape index (κ2) is 6.51. The van der Waals surface area contributed by atoms with Gasteiger partial charge in [0.05, 0.1) is 12.7 Å². The lowest BCUT2D eigenvalue weighted by Gasteiger charge is -2.06. The number of hydrogen-bond donors (Lipinski definition) is 2. The number of anilines is 1. The molecule has 110 valence electrons. The molecule has 1 aromatic carbocycles. The minimum absolute atomic E-state index is 0.0461. The maximum absolute atomic E-state index is 11.7. The number of ether oxygens (including phenoxy) is 1. The van der Waals surface area contributed by atoms with Crippen LogP contribution in [0.3, 0.4) is 0 Å². The van der Waals surface area contributed by atoms with Gasteiger partial charge in [-0.05, 0) is 17.7 Å². The fourth-order valence-corrected chi connectivity index (χ4v) is 1.67. The lowest BCUT2D eigenvalue weighted by molar-refractivity contribution is -0.122. The van der Waals surface area contributed by atoms with Gasteiger partial charge in [-0.3, -0.25) is 4.79 Å². The Hall–Kier alpha value is -2.90. The number of methoxy groups -OCH3 is 1. The van der Waals surface area contributed by atoms with Crippen molar-refractivity contribution in [2.24, 2.45) is 0 Å². The van der Waals surface area contributed by atoms with Gasteiger partial charge < -0.3 is 15.8 Å². The Labute approximate surface area is 120 Å². The summed E-state index contributed by atoms with van der Waals surface area (Å²) in [4.78, 5) is 26.7. The molecule has 0 spiro atoms. The smallest absolute Gasteiger partial charge is 0.337 e. The molecule has 0 saturated carbocycles. The first-order valence-electron chi connectivity index (χ1n) is 6.17. The molecule has 0 radical (unpaired) electrons. The van der Waals surface area contributed by atoms with Gasteiger partial charge in [-0.1, -0.05) is 12.1 Å². The molecular formula is C13H15N5O3. The Morgan fingerprint density at radius 3 is 2.62 bits per heavy atom. The van der Waals surface area contributed by atoms with Gasteiger partial charge in [-0.25, -0.2) is 14.5 Å². The summed E-state index contributed by atoms with van der Waals surface area (Å²) in [6, 6.07) is 6.79. The van der Waals surface area contributed by atoms with E-state index < -0.39 is 5.97 Å². The monoisotopic (exact) mass is 289 g/mol. The molecule has 1 amide bonds. The summed E-state index contributed by atoms with van der Waals surface area (Å²) in [6.07, 6.45) is 1.39. The van der Waals surface area contributed by atoms with Crippen LogP contribution >= 0.6 is 0 Å². The zero-order valence-corrected chi connectivity index (χ0v) is 11.4. The van der Waals surface area contributed by atoms with Gasteiger partial charge in [0.2, 0.25) is 11.9 Å². The Bertz CT molecular complexity index is 636. The number of nitrogens with one attached hydrogen (secondary N) is 1. The minimum atomic E-state index is -0.394. The van der Waals surface area contributed by atoms with Crippen molar-refractivity contribution in [3.8, 4) is 0 Å². The van der Waals surface area contributed by atoms with Gasteiger partial charge in [-0.2, -0.15) is 0 Å². The van der Waals surface area contributed by atoms with Crippen molar-refractivity contribution in [1.82, 2.24) is 20.1 Å². The van der Waals surface area contributed by atoms with Crippen molar-refractivity contribution >= 4 is 17.8 Å². The normalized spacial score (nSPS) is 10.1. The van der Waals surface area contributed by atoms with E-state index in [0.29, 0.717) is 12.1 Å². The average molecular weight is 289 g/mol. The number of nitrogens with zero attached hydrogens (tertiary/aromatic N) is 3. The van der Waals surface area contributed by atoms with E-state index in [4.69, 9.17) is 5.73 Å². The summed E-state index contributed by atoms with van der Waals surface area (Å²) < 4.78 is 5.96. The summed E-state index contributed by atoms with van der Waals surface area (Å²) in [6.45, 7) is 0.398. The quantitative estimate of drug-likeness (QED) is 0.747. The van der Waals surface area contributed by atoms with Crippen LogP contribution in [0.2, 0.25) is 0 Å². The number of hydrogen-bond acceptors (Lipinski definition) is 6. The van der Waals surface area contributed by atoms with E-state index in [1.807, 2.05) is 0 Å². The summed E-state index contributed by atoms with van der Waals surface area (Å²) in [5, 5.41) is 6.55. The molecule has 2 rings (SSSR count). The largest absolute Gasteiger partial charge is 0.465 e. The summed E-state index contributed by atoms with van der Waals surface area (Å²) in [5.41, 5.74) is 6.69. The maximum Gasteiger partial charge on any atom is 0.337 e. The third kappa shape index (κ3) is 4.03. The van der Waals surface area contributed by atoms with Crippen LogP contribution in [0.15, 0.2) is 30.6 Å². The molecule has 0 atom stereocenters. The Kier molecular flexibility index (Phi) is 4.50. The number of esters is 1. The van der Waals surface area contributed by atoms with Crippen molar-refractivity contribution in [2.45, 2.75) is 13.1 Å². The van der Waals surface area contributed by atoms with E-state index >= 15 is 0 Å². The Balaban J connectivity index is 1.85. The Morgan fingerprint density at radius 2 is 2.05 bits per heavy atom. The highest BCUT2D eigenvalue weighted by atomic mass is 16.5. The predicted octanol–water partition coefficient (Wildman–Crippen LogP) is -0.0367. The molecule has 0 aliphatic carbocycles. The third-order valence-electron chi connectivity index (χ3n) is 2.72. The number of carbonyl (C=O) groups is 2. The first kappa shape index (κ1) is 14.5. The van der Waals surface area contributed by atoms with Crippen LogP contribution in [0, 0.1) is 0 Å². The molecule has 0 saturated heterocycles. The molecule has 8 heteroatoms. The van der Waals surface area contributed by atoms with Gasteiger partial charge in [0.1, 0.15) is 12.9 Å². The molecule has 0 fully saturated rings. The first-order chi connectivity index (χ1) is 10.1. The second-order valence-corrected chi connectivity index (χ2v) is 4.27. The second-order valence-electron chi connectivity index (χ2n) is 4.27. The van der Waals surface area contributed by atoms with Crippen LogP contribution in [-0.2, 0) is 22.6 Å². The summed E-state index contributed by atoms with van der Waals surface area (Å²) in [5.74, 6) is -0.479. The number of rotatable bonds is 5. The zero-order chi connectivity index (χ0) is 15.2. The zero-order valence-electron chi connectivity index (χ0n) is 11.4. The molecule has 2 aromatic rings. The number of nitrogen functional groups attached to an aromatic ring is 1. The highest BCUT2D eigenvalue weighted by molar-refractivity contribution is 5.89. The van der Waals surface area contributed by atoms with Crippen LogP contribution in [0.4, 0.5) is 5.95 Å². The Morgan fingerprint density at radius 1 is 1.33 bits per heavy atom. The molecule has 1 heterocycles. The van der Waals surface area contributed by atoms with Crippen LogP contribution in [-0.4, -0.2) is 33.8 Å². The van der Waals surface area contributed by atoms with Gasteiger partial charge >= 0.3 is 5.97 Å². The highest BCUT2D eigenvalue weighted by Gasteiger charge is 2.06. The number of amides is 1. The van der Waals surface area contributed by atoms with Gasteiger partial charge in [-0.15, -0.1) is 5.10 Å². The minimum Gasteiger partial charge on any atom is -0.465 e. The van der Waals surface area contributed by atoms with E-state index in [1.165, 1.54) is 18.1 Å². The summed E-state index contributed by atoms with van der Waals surface area (Å²) in [7, 11) is 1.33. The van der Waals surface area contributed by atoms with Crippen molar-refractivity contribution in [1.29, 1.82) is 0 Å². The standard InChI is InChI=1S/C13H15N5O3/c1-21-12(20)10-4-2-9(3-5-10)6-15-11(19)7-18-8-16-13(14)17-18/h2-5,8H,6-7H2,1H3,(H2,14,17)(H,15,19). The molecule has 0 aliphatic heterocycles. The lowest BCUT2D eigenvalue weighted by atomic mass is 10.1. The molecule has 0 unspecified atom stereocenters. The topological polar surface area (TPSA) is 112 Å². The molecule has 0 bridgehead atoms. The lowest BCUT2D eigenvalue weighted by Crippen LogP contribution is -2.27. The van der Waals surface area contributed by atoms with Crippen LogP contribution in [0.25, 0.3) is 0 Å². The fourth-order valence-electron chi connectivity index (χ4n) is 1.67. The van der Waals surface area contributed by atoms with E-state index in [9.17, 15) is 9.59 Å². The van der Waals surface area contributed by atoms with Crippen molar-refractivity contribution in [2.75, 3.05) is 12.8 Å². The van der Waals surface area contributed by atoms with Gasteiger partial charge in [0.25, 0.3) is 0 Å². The molecule has 3 N–H and O–H groups in total. The average Bonchev–Trinajstić information content (AvgIpc) is 2.90. The van der Waals surface area contributed by atoms with Crippen molar-refractivity contribution in [3.63, 3.8) is 0 Å². The van der Waals surface area contributed by atoms with Crippen LogP contribution < -0.4 is 11.1 Å². The summed E-state index contributed by atoms with van der Waals surface area (Å²) >= 11 is 0. The number of nitrogens with two attached hydrogens (primary N) is 1. The van der Waals surface area contributed by atoms with E-state index in [1.54, 1.807) is 24.3 Å². The number of aromatic nitrogens is 3. The molecule has 21 heavy (non-hydrogen) atoms. The maximum atomic E-state index is 11.7. The SMILES string of the molecule is COC(=O)c1ccc(CNC(=O)Cn2cnc(N)n2)cc1. The van der Waals surface area contributed by atoms with Gasteiger partial charge in [0, 0.05) is 6.54 Å². The first-order valence-corrected chi connectivity index (χ1v) is 6.17. The predicted molar refractivity (Wildman–Crippen MR) is 74.1 cm³/mol. The van der Waals surface area contributed by atoms with Crippen molar-refractivity contribution < 1.29 is 14.3 Å². The molecule has 1 aromatic heterocycles. The molecule has 0 aliphatic rings. The van der Waals surface area contributed by atoms with Crippen molar-refractivity contribution in [3.05, 3.63) is 41.7 Å². The third-order valence-corrected chi connectivity index (χ3v) is 2.72. The fraction of sp³-hybridized carbons (Fsp3) is 0.231. The molecular weight excluding hydrogens is 274 g/mol. The number of carbonyl (C=O) groups excluding carboxylic acids is 2. The van der Waals surface area contributed by atoms with E-state index in [2.05, 4.69) is 20.1 Å². The van der Waals surface area contributed by atoms with Crippen LogP contribution in [0.1, 0.15) is 15.9 Å². The van der Waals surface area contributed by atoms with Crippen LogP contribution in [0.5, 0.6) is 0 Å². The number of benzene rings is 1. The highest BCUT2D eigenvalue weighted by Crippen LogP contribution is 2.05.